The Hall–Kier alpha value is -1.10. The van der Waals surface area contributed by atoms with E-state index in [4.69, 9.17) is 5.11 Å². The van der Waals surface area contributed by atoms with Gasteiger partial charge in [0.25, 0.3) is 0 Å². The maximum atomic E-state index is 11.5. The van der Waals surface area contributed by atoms with Crippen LogP contribution in [0.4, 0.5) is 0 Å². The summed E-state index contributed by atoms with van der Waals surface area (Å²) in [7, 11) is 0. The summed E-state index contributed by atoms with van der Waals surface area (Å²) in [5.41, 5.74) is 0. The molecule has 0 radical (unpaired) electrons. The second-order valence-corrected chi connectivity index (χ2v) is 4.81. The van der Waals surface area contributed by atoms with Gasteiger partial charge < -0.3 is 15.3 Å². The average Bonchev–Trinajstić information content (AvgIpc) is 2.75. The number of rotatable bonds is 7. The normalized spacial score (nSPS) is 17.9. The zero-order valence-corrected chi connectivity index (χ0v) is 10.4. The number of nitrogens with one attached hydrogen (secondary N) is 1. The van der Waals surface area contributed by atoms with E-state index in [0.29, 0.717) is 13.0 Å². The van der Waals surface area contributed by atoms with Crippen LogP contribution in [0.15, 0.2) is 0 Å². The molecule has 0 aliphatic carbocycles. The zero-order valence-electron chi connectivity index (χ0n) is 10.4. The van der Waals surface area contributed by atoms with E-state index in [9.17, 15) is 9.59 Å². The summed E-state index contributed by atoms with van der Waals surface area (Å²) < 4.78 is 0. The first-order chi connectivity index (χ1) is 8.08. The van der Waals surface area contributed by atoms with Gasteiger partial charge in [-0.2, -0.15) is 0 Å². The first-order valence-corrected chi connectivity index (χ1v) is 6.29. The number of carboxylic acid groups (broad SMARTS) is 1. The molecule has 0 saturated carbocycles. The van der Waals surface area contributed by atoms with Crippen molar-refractivity contribution in [3.05, 3.63) is 0 Å². The molecular formula is C12H22N2O3. The number of nitrogens with zero attached hydrogens (tertiary/aromatic N) is 1. The van der Waals surface area contributed by atoms with Crippen LogP contribution in [0.3, 0.4) is 0 Å². The maximum absolute atomic E-state index is 11.5. The summed E-state index contributed by atoms with van der Waals surface area (Å²) in [6, 6.07) is 0. The first-order valence-electron chi connectivity index (χ1n) is 6.29. The fourth-order valence-electron chi connectivity index (χ4n) is 2.01. The minimum absolute atomic E-state index is 0.0109. The lowest BCUT2D eigenvalue weighted by Crippen LogP contribution is -2.32. The highest BCUT2D eigenvalue weighted by Gasteiger charge is 2.13. The molecule has 5 heteroatoms. The molecule has 0 aromatic carbocycles. The van der Waals surface area contributed by atoms with Crippen molar-refractivity contribution >= 4 is 11.9 Å². The first kappa shape index (κ1) is 14.0. The molecule has 1 fully saturated rings. The molecule has 98 valence electrons. The summed E-state index contributed by atoms with van der Waals surface area (Å²) in [5, 5.41) is 11.4. The molecule has 1 aliphatic rings. The fourth-order valence-corrected chi connectivity index (χ4v) is 2.01. The third-order valence-electron chi connectivity index (χ3n) is 3.02. The van der Waals surface area contributed by atoms with Crippen molar-refractivity contribution in [3.63, 3.8) is 0 Å². The van der Waals surface area contributed by atoms with Crippen LogP contribution in [0, 0.1) is 5.92 Å². The third kappa shape index (κ3) is 6.26. The lowest BCUT2D eigenvalue weighted by Gasteiger charge is -2.15. The van der Waals surface area contributed by atoms with Crippen LogP contribution in [-0.2, 0) is 9.59 Å². The van der Waals surface area contributed by atoms with Crippen molar-refractivity contribution in [2.75, 3.05) is 26.2 Å². The molecule has 17 heavy (non-hydrogen) atoms. The highest BCUT2D eigenvalue weighted by atomic mass is 16.4. The molecule has 1 atom stereocenters. The Morgan fingerprint density at radius 3 is 2.59 bits per heavy atom. The molecule has 0 aromatic heterocycles. The van der Waals surface area contributed by atoms with Gasteiger partial charge in [-0.3, -0.25) is 9.59 Å². The van der Waals surface area contributed by atoms with E-state index in [1.165, 1.54) is 12.8 Å². The van der Waals surface area contributed by atoms with Crippen molar-refractivity contribution in [1.29, 1.82) is 0 Å². The van der Waals surface area contributed by atoms with Crippen molar-refractivity contribution in [3.8, 4) is 0 Å². The molecule has 1 unspecified atom stereocenters. The van der Waals surface area contributed by atoms with E-state index in [1.807, 2.05) is 6.92 Å². The Kier molecular flexibility index (Phi) is 5.97. The number of likely N-dealkylation sites (tertiary alicyclic amines) is 1. The fraction of sp³-hybridized carbons (Fsp3) is 0.833. The quantitative estimate of drug-likeness (QED) is 0.689. The van der Waals surface area contributed by atoms with E-state index in [2.05, 4.69) is 10.2 Å². The Labute approximate surface area is 102 Å². The molecule has 1 heterocycles. The second kappa shape index (κ2) is 7.27. The highest BCUT2D eigenvalue weighted by molar-refractivity contribution is 5.76. The van der Waals surface area contributed by atoms with Crippen LogP contribution in [0.1, 0.15) is 32.6 Å². The molecule has 0 aromatic rings. The van der Waals surface area contributed by atoms with E-state index < -0.39 is 5.97 Å². The topological polar surface area (TPSA) is 69.6 Å². The molecule has 1 amide bonds. The van der Waals surface area contributed by atoms with Crippen molar-refractivity contribution in [2.24, 2.45) is 5.92 Å². The Balaban J connectivity index is 2.05. The van der Waals surface area contributed by atoms with Crippen molar-refractivity contribution in [1.82, 2.24) is 10.2 Å². The number of amides is 1. The van der Waals surface area contributed by atoms with Crippen LogP contribution in [-0.4, -0.2) is 48.1 Å². The monoisotopic (exact) mass is 242 g/mol. The van der Waals surface area contributed by atoms with Gasteiger partial charge in [-0.15, -0.1) is 0 Å². The van der Waals surface area contributed by atoms with Crippen LogP contribution >= 0.6 is 0 Å². The van der Waals surface area contributed by atoms with Crippen molar-refractivity contribution in [2.45, 2.75) is 32.6 Å². The molecule has 0 spiro atoms. The predicted molar refractivity (Wildman–Crippen MR) is 64.7 cm³/mol. The van der Waals surface area contributed by atoms with Gasteiger partial charge in [-0.1, -0.05) is 6.92 Å². The SMILES string of the molecule is CC(CNC(=O)CCN1CCCC1)CC(=O)O. The third-order valence-corrected chi connectivity index (χ3v) is 3.02. The van der Waals surface area contributed by atoms with Crippen LogP contribution in [0.2, 0.25) is 0 Å². The number of carboxylic acids is 1. The lowest BCUT2D eigenvalue weighted by atomic mass is 10.1. The molecule has 2 N–H and O–H groups in total. The number of carbonyl (C=O) groups is 2. The largest absolute Gasteiger partial charge is 0.481 e. The second-order valence-electron chi connectivity index (χ2n) is 4.81. The number of aliphatic carboxylic acids is 1. The Morgan fingerprint density at radius 1 is 1.35 bits per heavy atom. The Bertz CT molecular complexity index is 262. The van der Waals surface area contributed by atoms with Gasteiger partial charge in [0.1, 0.15) is 0 Å². The minimum Gasteiger partial charge on any atom is -0.481 e. The molecule has 0 bridgehead atoms. The van der Waals surface area contributed by atoms with Gasteiger partial charge in [0.2, 0.25) is 5.91 Å². The maximum Gasteiger partial charge on any atom is 0.303 e. The lowest BCUT2D eigenvalue weighted by molar-refractivity contribution is -0.138. The van der Waals surface area contributed by atoms with Gasteiger partial charge in [-0.05, 0) is 31.8 Å². The summed E-state index contributed by atoms with van der Waals surface area (Å²) >= 11 is 0. The van der Waals surface area contributed by atoms with E-state index in [1.54, 1.807) is 0 Å². The summed E-state index contributed by atoms with van der Waals surface area (Å²) in [6.07, 6.45) is 3.08. The molecule has 1 rings (SSSR count). The van der Waals surface area contributed by atoms with Gasteiger partial charge in [0.05, 0.1) is 0 Å². The number of hydrogen-bond donors (Lipinski definition) is 2. The zero-order chi connectivity index (χ0) is 12.7. The molecule has 5 nitrogen and oxygen atoms in total. The summed E-state index contributed by atoms with van der Waals surface area (Å²) in [4.78, 5) is 24.2. The predicted octanol–water partition coefficient (Wildman–Crippen LogP) is 0.699. The standard InChI is InChI=1S/C12H22N2O3/c1-10(8-12(16)17)9-13-11(15)4-7-14-5-2-3-6-14/h10H,2-9H2,1H3,(H,13,15)(H,16,17). The average molecular weight is 242 g/mol. The van der Waals surface area contributed by atoms with Gasteiger partial charge in [0.15, 0.2) is 0 Å². The summed E-state index contributed by atoms with van der Waals surface area (Å²) in [5.74, 6) is -0.804. The smallest absolute Gasteiger partial charge is 0.303 e. The van der Waals surface area contributed by atoms with Crippen LogP contribution in [0.25, 0.3) is 0 Å². The van der Waals surface area contributed by atoms with E-state index in [0.717, 1.165) is 19.6 Å². The molecule has 1 saturated heterocycles. The summed E-state index contributed by atoms with van der Waals surface area (Å²) in [6.45, 7) is 5.30. The van der Waals surface area contributed by atoms with Crippen LogP contribution in [0.5, 0.6) is 0 Å². The highest BCUT2D eigenvalue weighted by Crippen LogP contribution is 2.07. The van der Waals surface area contributed by atoms with Gasteiger partial charge in [-0.25, -0.2) is 0 Å². The van der Waals surface area contributed by atoms with Crippen molar-refractivity contribution < 1.29 is 14.7 Å². The minimum atomic E-state index is -0.816. The van der Waals surface area contributed by atoms with Gasteiger partial charge in [0, 0.05) is 25.9 Å². The van der Waals surface area contributed by atoms with E-state index >= 15 is 0 Å². The Morgan fingerprint density at radius 2 is 2.00 bits per heavy atom. The molecule has 1 aliphatic heterocycles. The number of carbonyl (C=O) groups excluding carboxylic acids is 1. The van der Waals surface area contributed by atoms with Crippen LogP contribution < -0.4 is 5.32 Å². The van der Waals surface area contributed by atoms with E-state index in [-0.39, 0.29) is 18.2 Å². The van der Waals surface area contributed by atoms with Gasteiger partial charge >= 0.3 is 5.97 Å². The molecular weight excluding hydrogens is 220 g/mol. The number of hydrogen-bond acceptors (Lipinski definition) is 3.